The van der Waals surface area contributed by atoms with Gasteiger partial charge in [0.2, 0.25) is 0 Å². The van der Waals surface area contributed by atoms with E-state index < -0.39 is 48.1 Å². The summed E-state index contributed by atoms with van der Waals surface area (Å²) in [6.07, 6.45) is -1.13. The van der Waals surface area contributed by atoms with Crippen molar-refractivity contribution in [3.63, 3.8) is 0 Å². The number of carbonyl (C=O) groups excluding carboxylic acids is 3. The van der Waals surface area contributed by atoms with E-state index in [9.17, 15) is 19.2 Å². The van der Waals surface area contributed by atoms with Crippen LogP contribution in [-0.4, -0.2) is 53.8 Å². The highest BCUT2D eigenvalue weighted by Crippen LogP contribution is 2.03. The second kappa shape index (κ2) is 8.35. The van der Waals surface area contributed by atoms with Crippen LogP contribution in [0.3, 0.4) is 0 Å². The van der Waals surface area contributed by atoms with Crippen molar-refractivity contribution in [2.45, 2.75) is 37.4 Å². The molecule has 7 N–H and O–H groups in total. The van der Waals surface area contributed by atoms with Gasteiger partial charge >= 0.3 is 11.9 Å². The number of carboxylic acids is 1. The average Bonchev–Trinajstić information content (AvgIpc) is 2.36. The minimum absolute atomic E-state index is 0.353. The largest absolute Gasteiger partial charge is 0.480 e. The van der Waals surface area contributed by atoms with Gasteiger partial charge < -0.3 is 27.0 Å². The SMILES string of the molecule is COC(=O)C(N)CC(=O)C(N)CC(=O)CC(N)C(=O)O. The van der Waals surface area contributed by atoms with Gasteiger partial charge in [0, 0.05) is 19.3 Å². The van der Waals surface area contributed by atoms with Gasteiger partial charge in [0.1, 0.15) is 17.9 Å². The number of carboxylic acid groups (broad SMARTS) is 1. The maximum absolute atomic E-state index is 11.6. The number of aliphatic carboxylic acids is 1. The molecule has 0 saturated carbocycles. The molecule has 0 heterocycles. The summed E-state index contributed by atoms with van der Waals surface area (Å²) in [5.74, 6) is -3.21. The minimum atomic E-state index is -1.33. The van der Waals surface area contributed by atoms with Crippen LogP contribution in [0, 0.1) is 0 Å². The van der Waals surface area contributed by atoms with Gasteiger partial charge in [-0.3, -0.25) is 19.2 Å². The van der Waals surface area contributed by atoms with Gasteiger partial charge in [-0.1, -0.05) is 0 Å². The summed E-state index contributed by atoms with van der Waals surface area (Å²) in [5.41, 5.74) is 16.1. The maximum Gasteiger partial charge on any atom is 0.323 e. The Bertz CT molecular complexity index is 398. The number of hydrogen-bond acceptors (Lipinski definition) is 8. The predicted molar refractivity (Wildman–Crippen MR) is 67.4 cm³/mol. The summed E-state index contributed by atoms with van der Waals surface area (Å²) in [6, 6.07) is -3.63. The number of nitrogens with two attached hydrogens (primary N) is 3. The molecule has 0 bridgehead atoms. The van der Waals surface area contributed by atoms with Crippen LogP contribution in [0.4, 0.5) is 0 Å². The molecule has 114 valence electrons. The molecule has 9 nitrogen and oxygen atoms in total. The van der Waals surface area contributed by atoms with Gasteiger partial charge in [0.25, 0.3) is 0 Å². The van der Waals surface area contributed by atoms with Crippen molar-refractivity contribution in [2.24, 2.45) is 17.2 Å². The maximum atomic E-state index is 11.6. The summed E-state index contributed by atoms with van der Waals surface area (Å²) >= 11 is 0. The van der Waals surface area contributed by atoms with Crippen LogP contribution in [-0.2, 0) is 23.9 Å². The molecule has 0 aliphatic carbocycles. The van der Waals surface area contributed by atoms with E-state index in [-0.39, 0.29) is 12.8 Å². The Kier molecular flexibility index (Phi) is 7.59. The summed E-state index contributed by atoms with van der Waals surface area (Å²) in [7, 11) is 1.13. The first-order chi connectivity index (χ1) is 9.18. The Labute approximate surface area is 115 Å². The van der Waals surface area contributed by atoms with E-state index in [1.165, 1.54) is 0 Å². The number of ketones is 2. The highest BCUT2D eigenvalue weighted by Gasteiger charge is 2.25. The molecule has 0 aromatic rings. The number of esters is 1. The van der Waals surface area contributed by atoms with Crippen molar-refractivity contribution in [1.29, 1.82) is 0 Å². The summed E-state index contributed by atoms with van der Waals surface area (Å²) in [6.45, 7) is 0. The number of methoxy groups -OCH3 is 1. The topological polar surface area (TPSA) is 176 Å². The number of ether oxygens (including phenoxy) is 1. The van der Waals surface area contributed by atoms with Crippen molar-refractivity contribution < 1.29 is 29.0 Å². The zero-order chi connectivity index (χ0) is 15.9. The Balaban J connectivity index is 4.29. The van der Waals surface area contributed by atoms with E-state index in [4.69, 9.17) is 22.3 Å². The molecule has 0 aliphatic heterocycles. The molecule has 0 aromatic heterocycles. The highest BCUT2D eigenvalue weighted by atomic mass is 16.5. The molecule has 0 saturated heterocycles. The van der Waals surface area contributed by atoms with Crippen molar-refractivity contribution >= 4 is 23.5 Å². The molecule has 0 rings (SSSR count). The Morgan fingerprint density at radius 3 is 1.90 bits per heavy atom. The molecule has 0 fully saturated rings. The molecule has 3 unspecified atom stereocenters. The predicted octanol–water partition coefficient (Wildman–Crippen LogP) is -2.47. The summed E-state index contributed by atoms with van der Waals surface area (Å²) < 4.78 is 4.35. The van der Waals surface area contributed by atoms with Gasteiger partial charge in [-0.15, -0.1) is 0 Å². The zero-order valence-electron chi connectivity index (χ0n) is 11.1. The first kappa shape index (κ1) is 18.2. The molecule has 3 atom stereocenters. The zero-order valence-corrected chi connectivity index (χ0v) is 11.1. The quantitative estimate of drug-likeness (QED) is 0.335. The summed E-state index contributed by atoms with van der Waals surface area (Å²) in [4.78, 5) is 44.6. The second-order valence-electron chi connectivity index (χ2n) is 4.30. The van der Waals surface area contributed by atoms with E-state index in [0.29, 0.717) is 0 Å². The second-order valence-corrected chi connectivity index (χ2v) is 4.30. The molecule has 9 heteroatoms. The van der Waals surface area contributed by atoms with E-state index in [1.807, 2.05) is 0 Å². The van der Waals surface area contributed by atoms with Gasteiger partial charge in [-0.25, -0.2) is 0 Å². The molecule has 0 radical (unpaired) electrons. The lowest BCUT2D eigenvalue weighted by atomic mass is 9.98. The van der Waals surface area contributed by atoms with Crippen LogP contribution in [0.5, 0.6) is 0 Å². The number of hydrogen-bond donors (Lipinski definition) is 4. The van der Waals surface area contributed by atoms with Crippen LogP contribution < -0.4 is 17.2 Å². The Hall–Kier alpha value is -1.84. The van der Waals surface area contributed by atoms with Crippen LogP contribution in [0.15, 0.2) is 0 Å². The third-order valence-electron chi connectivity index (χ3n) is 2.55. The highest BCUT2D eigenvalue weighted by molar-refractivity contribution is 5.94. The lowest BCUT2D eigenvalue weighted by Crippen LogP contribution is -2.41. The van der Waals surface area contributed by atoms with Crippen molar-refractivity contribution in [2.75, 3.05) is 7.11 Å². The van der Waals surface area contributed by atoms with Crippen LogP contribution >= 0.6 is 0 Å². The molecule has 0 aromatic carbocycles. The fourth-order valence-electron chi connectivity index (χ4n) is 1.38. The fraction of sp³-hybridized carbons (Fsp3) is 0.636. The molecular weight excluding hydrogens is 270 g/mol. The van der Waals surface area contributed by atoms with E-state index in [0.717, 1.165) is 7.11 Å². The van der Waals surface area contributed by atoms with Crippen LogP contribution in [0.2, 0.25) is 0 Å². The van der Waals surface area contributed by atoms with Gasteiger partial charge in [-0.05, 0) is 0 Å². The first-order valence-electron chi connectivity index (χ1n) is 5.80. The molecule has 0 spiro atoms. The monoisotopic (exact) mass is 289 g/mol. The lowest BCUT2D eigenvalue weighted by molar-refractivity contribution is -0.143. The van der Waals surface area contributed by atoms with Crippen molar-refractivity contribution in [3.05, 3.63) is 0 Å². The molecule has 0 aliphatic rings. The molecule has 0 amide bonds. The minimum Gasteiger partial charge on any atom is -0.480 e. The fourth-order valence-corrected chi connectivity index (χ4v) is 1.38. The van der Waals surface area contributed by atoms with E-state index >= 15 is 0 Å². The number of Topliss-reactive ketones (excluding diaryl/α,β-unsaturated/α-hetero) is 2. The number of carbonyl (C=O) groups is 4. The Morgan fingerprint density at radius 1 is 0.950 bits per heavy atom. The van der Waals surface area contributed by atoms with Crippen LogP contribution in [0.25, 0.3) is 0 Å². The van der Waals surface area contributed by atoms with E-state index in [1.54, 1.807) is 0 Å². The van der Waals surface area contributed by atoms with Gasteiger partial charge in [0.15, 0.2) is 5.78 Å². The van der Waals surface area contributed by atoms with Crippen molar-refractivity contribution in [3.8, 4) is 0 Å². The lowest BCUT2D eigenvalue weighted by Gasteiger charge is -2.13. The first-order valence-corrected chi connectivity index (χ1v) is 5.80. The molecular formula is C11H19N3O6. The normalized spacial score (nSPS) is 15.0. The third-order valence-corrected chi connectivity index (χ3v) is 2.55. The number of rotatable bonds is 9. The van der Waals surface area contributed by atoms with Crippen molar-refractivity contribution in [1.82, 2.24) is 0 Å². The van der Waals surface area contributed by atoms with Gasteiger partial charge in [0.05, 0.1) is 13.2 Å². The standard InChI is InChI=1S/C11H19N3O6/c1-20-11(19)8(14)4-9(16)6(12)2-5(15)3-7(13)10(17)18/h6-8H,2-4,12-14H2,1H3,(H,17,18). The average molecular weight is 289 g/mol. The summed E-state index contributed by atoms with van der Waals surface area (Å²) in [5, 5.41) is 8.54. The molecule has 20 heavy (non-hydrogen) atoms. The van der Waals surface area contributed by atoms with Gasteiger partial charge in [-0.2, -0.15) is 0 Å². The third kappa shape index (κ3) is 6.36. The Morgan fingerprint density at radius 2 is 1.45 bits per heavy atom. The van der Waals surface area contributed by atoms with E-state index in [2.05, 4.69) is 4.74 Å². The van der Waals surface area contributed by atoms with Crippen LogP contribution in [0.1, 0.15) is 19.3 Å². The smallest absolute Gasteiger partial charge is 0.323 e.